The fraction of sp³-hybridized carbons (Fsp3) is 0.556. The van der Waals surface area contributed by atoms with Crippen molar-refractivity contribution in [2.24, 2.45) is 0 Å². The molecule has 0 spiro atoms. The maximum Gasteiger partial charge on any atom is 0.243 e. The number of rotatable bonds is 7. The number of nitrogens with zero attached hydrogens (tertiary/aromatic N) is 1. The summed E-state index contributed by atoms with van der Waals surface area (Å²) in [6.07, 6.45) is 2.52. The summed E-state index contributed by atoms with van der Waals surface area (Å²) in [5.41, 5.74) is 0.927. The second-order valence-electron chi connectivity index (χ2n) is 5.92. The van der Waals surface area contributed by atoms with E-state index in [1.165, 1.54) is 6.92 Å². The first kappa shape index (κ1) is 18.1. The summed E-state index contributed by atoms with van der Waals surface area (Å²) in [6.45, 7) is 5.24. The average molecular weight is 334 g/mol. The lowest BCUT2D eigenvalue weighted by molar-refractivity contribution is -0.136. The molecular formula is C18H26N2O4. The molecule has 0 saturated carbocycles. The van der Waals surface area contributed by atoms with Crippen LogP contribution in [0.2, 0.25) is 0 Å². The first-order valence-electron chi connectivity index (χ1n) is 8.41. The summed E-state index contributed by atoms with van der Waals surface area (Å²) in [6, 6.07) is 5.28. The number of amides is 2. The van der Waals surface area contributed by atoms with Crippen LogP contribution >= 0.6 is 0 Å². The van der Waals surface area contributed by atoms with Crippen LogP contribution in [0.1, 0.15) is 38.7 Å². The van der Waals surface area contributed by atoms with E-state index in [1.807, 2.05) is 25.1 Å². The summed E-state index contributed by atoms with van der Waals surface area (Å²) in [5, 5.41) is 2.91. The zero-order chi connectivity index (χ0) is 17.5. The molecule has 1 aliphatic rings. The van der Waals surface area contributed by atoms with Crippen molar-refractivity contribution >= 4 is 11.8 Å². The van der Waals surface area contributed by atoms with Crippen molar-refractivity contribution in [3.8, 4) is 11.5 Å². The van der Waals surface area contributed by atoms with Gasteiger partial charge in [-0.15, -0.1) is 0 Å². The third-order valence-corrected chi connectivity index (χ3v) is 4.12. The second kappa shape index (κ2) is 8.57. The molecule has 0 unspecified atom stereocenters. The number of hydrogen-bond donors (Lipinski definition) is 1. The zero-order valence-corrected chi connectivity index (χ0v) is 14.6. The third-order valence-electron chi connectivity index (χ3n) is 4.12. The number of carbonyl (C=O) groups excluding carboxylic acids is 2. The number of likely N-dealkylation sites (tertiary alicyclic amines) is 1. The highest BCUT2D eigenvalue weighted by atomic mass is 16.5. The minimum atomic E-state index is -0.350. The van der Waals surface area contributed by atoms with Crippen LogP contribution in [0.3, 0.4) is 0 Å². The van der Waals surface area contributed by atoms with Crippen LogP contribution in [-0.2, 0) is 16.1 Å². The van der Waals surface area contributed by atoms with Gasteiger partial charge in [-0.25, -0.2) is 0 Å². The zero-order valence-electron chi connectivity index (χ0n) is 14.6. The topological polar surface area (TPSA) is 67.9 Å². The lowest BCUT2D eigenvalue weighted by atomic mass is 10.1. The molecule has 0 bridgehead atoms. The summed E-state index contributed by atoms with van der Waals surface area (Å²) in [7, 11) is 1.60. The molecule has 1 fully saturated rings. The molecule has 24 heavy (non-hydrogen) atoms. The van der Waals surface area contributed by atoms with Gasteiger partial charge in [-0.2, -0.15) is 0 Å². The standard InChI is InChI=1S/C18H26N2O4/c1-4-10-24-16-8-7-14(11-17(16)23-3)12-19-18(22)15-6-5-9-20(15)13(2)21/h7-8,11,15H,4-6,9-10,12H2,1-3H3,(H,19,22)/t15-/m1/s1. The Morgan fingerprint density at radius 3 is 2.79 bits per heavy atom. The lowest BCUT2D eigenvalue weighted by Gasteiger charge is -2.22. The number of benzene rings is 1. The first-order chi connectivity index (χ1) is 11.6. The van der Waals surface area contributed by atoms with Gasteiger partial charge < -0.3 is 19.7 Å². The van der Waals surface area contributed by atoms with Gasteiger partial charge in [0, 0.05) is 20.0 Å². The van der Waals surface area contributed by atoms with E-state index in [2.05, 4.69) is 5.32 Å². The van der Waals surface area contributed by atoms with E-state index in [-0.39, 0.29) is 17.9 Å². The Morgan fingerprint density at radius 1 is 1.33 bits per heavy atom. The Morgan fingerprint density at radius 2 is 2.12 bits per heavy atom. The number of carbonyl (C=O) groups is 2. The fourth-order valence-electron chi connectivity index (χ4n) is 2.88. The van der Waals surface area contributed by atoms with Gasteiger partial charge in [-0.1, -0.05) is 13.0 Å². The highest BCUT2D eigenvalue weighted by Gasteiger charge is 2.32. The molecule has 1 aliphatic heterocycles. The van der Waals surface area contributed by atoms with E-state index < -0.39 is 0 Å². The Hall–Kier alpha value is -2.24. The predicted molar refractivity (Wildman–Crippen MR) is 91.0 cm³/mol. The quantitative estimate of drug-likeness (QED) is 0.829. The minimum absolute atomic E-state index is 0.0493. The molecule has 1 aromatic carbocycles. The molecule has 6 nitrogen and oxygen atoms in total. The Kier molecular flexibility index (Phi) is 6.46. The Labute approximate surface area is 143 Å². The van der Waals surface area contributed by atoms with Crippen LogP contribution in [0, 0.1) is 0 Å². The maximum atomic E-state index is 12.3. The van der Waals surface area contributed by atoms with E-state index in [9.17, 15) is 9.59 Å². The van der Waals surface area contributed by atoms with Crippen LogP contribution in [-0.4, -0.2) is 43.0 Å². The average Bonchev–Trinajstić information content (AvgIpc) is 3.08. The van der Waals surface area contributed by atoms with Crippen molar-refractivity contribution in [1.29, 1.82) is 0 Å². The van der Waals surface area contributed by atoms with E-state index in [4.69, 9.17) is 9.47 Å². The van der Waals surface area contributed by atoms with Crippen molar-refractivity contribution in [1.82, 2.24) is 10.2 Å². The number of nitrogens with one attached hydrogen (secondary N) is 1. The van der Waals surface area contributed by atoms with Crippen molar-refractivity contribution in [2.75, 3.05) is 20.3 Å². The Balaban J connectivity index is 1.96. The largest absolute Gasteiger partial charge is 0.493 e. The van der Waals surface area contributed by atoms with Crippen molar-refractivity contribution < 1.29 is 19.1 Å². The maximum absolute atomic E-state index is 12.3. The Bertz CT molecular complexity index is 588. The molecule has 1 aromatic rings. The van der Waals surface area contributed by atoms with Gasteiger partial charge in [0.25, 0.3) is 0 Å². The smallest absolute Gasteiger partial charge is 0.243 e. The summed E-state index contributed by atoms with van der Waals surface area (Å²) < 4.78 is 11.0. The van der Waals surface area contributed by atoms with Crippen LogP contribution in [0.5, 0.6) is 11.5 Å². The molecule has 0 aromatic heterocycles. The fourth-order valence-corrected chi connectivity index (χ4v) is 2.88. The minimum Gasteiger partial charge on any atom is -0.493 e. The van der Waals surface area contributed by atoms with E-state index >= 15 is 0 Å². The van der Waals surface area contributed by atoms with Crippen molar-refractivity contribution in [3.63, 3.8) is 0 Å². The highest BCUT2D eigenvalue weighted by molar-refractivity contribution is 5.87. The molecule has 6 heteroatoms. The molecule has 2 amide bonds. The molecule has 1 atom stereocenters. The van der Waals surface area contributed by atoms with E-state index in [1.54, 1.807) is 12.0 Å². The highest BCUT2D eigenvalue weighted by Crippen LogP contribution is 2.28. The SMILES string of the molecule is CCCOc1ccc(CNC(=O)[C@H]2CCCN2C(C)=O)cc1OC. The van der Waals surface area contributed by atoms with E-state index in [0.29, 0.717) is 31.2 Å². The van der Waals surface area contributed by atoms with Gasteiger partial charge in [0.05, 0.1) is 13.7 Å². The van der Waals surface area contributed by atoms with Crippen LogP contribution < -0.4 is 14.8 Å². The number of ether oxygens (including phenoxy) is 2. The number of methoxy groups -OCH3 is 1. The van der Waals surface area contributed by atoms with Crippen LogP contribution in [0.25, 0.3) is 0 Å². The third kappa shape index (κ3) is 4.40. The normalized spacial score (nSPS) is 16.8. The van der Waals surface area contributed by atoms with Gasteiger partial charge >= 0.3 is 0 Å². The molecule has 0 radical (unpaired) electrons. The monoisotopic (exact) mass is 334 g/mol. The molecule has 1 heterocycles. The van der Waals surface area contributed by atoms with Gasteiger partial charge in [-0.05, 0) is 37.0 Å². The van der Waals surface area contributed by atoms with E-state index in [0.717, 1.165) is 24.8 Å². The van der Waals surface area contributed by atoms with Crippen LogP contribution in [0.4, 0.5) is 0 Å². The predicted octanol–water partition coefficient (Wildman–Crippen LogP) is 2.11. The molecule has 0 aliphatic carbocycles. The van der Waals surface area contributed by atoms with Gasteiger partial charge in [0.15, 0.2) is 11.5 Å². The van der Waals surface area contributed by atoms with Gasteiger partial charge in [0.1, 0.15) is 6.04 Å². The number of hydrogen-bond acceptors (Lipinski definition) is 4. The van der Waals surface area contributed by atoms with Crippen molar-refractivity contribution in [3.05, 3.63) is 23.8 Å². The summed E-state index contributed by atoms with van der Waals surface area (Å²) in [4.78, 5) is 25.5. The van der Waals surface area contributed by atoms with Crippen LogP contribution in [0.15, 0.2) is 18.2 Å². The molecule has 1 saturated heterocycles. The lowest BCUT2D eigenvalue weighted by Crippen LogP contribution is -2.44. The molecule has 132 valence electrons. The summed E-state index contributed by atoms with van der Waals surface area (Å²) in [5.74, 6) is 1.20. The first-order valence-corrected chi connectivity index (χ1v) is 8.41. The second-order valence-corrected chi connectivity index (χ2v) is 5.92. The van der Waals surface area contributed by atoms with Gasteiger partial charge in [0.2, 0.25) is 11.8 Å². The molecule has 2 rings (SSSR count). The molecular weight excluding hydrogens is 308 g/mol. The van der Waals surface area contributed by atoms with Crippen molar-refractivity contribution in [2.45, 2.75) is 45.7 Å². The van der Waals surface area contributed by atoms with Gasteiger partial charge in [-0.3, -0.25) is 9.59 Å². The summed E-state index contributed by atoms with van der Waals surface area (Å²) >= 11 is 0. The molecule has 1 N–H and O–H groups in total.